The van der Waals surface area contributed by atoms with Gasteiger partial charge in [0.25, 0.3) is 0 Å². The van der Waals surface area contributed by atoms with Crippen molar-refractivity contribution in [2.75, 3.05) is 0 Å². The molecule has 0 aliphatic rings. The molecule has 152 valence electrons. The van der Waals surface area contributed by atoms with Gasteiger partial charge in [0.15, 0.2) is 0 Å². The van der Waals surface area contributed by atoms with Gasteiger partial charge in [-0.3, -0.25) is 0 Å². The number of rotatable bonds is 7. The second kappa shape index (κ2) is 8.57. The summed E-state index contributed by atoms with van der Waals surface area (Å²) in [6.45, 7) is 12.0. The Hall–Kier alpha value is -2.34. The predicted molar refractivity (Wildman–Crippen MR) is 126 cm³/mol. The molecule has 0 heteroatoms. The molecule has 3 aromatic carbocycles. The maximum atomic E-state index is 2.48. The van der Waals surface area contributed by atoms with E-state index in [1.165, 1.54) is 29.5 Å². The van der Waals surface area contributed by atoms with Crippen LogP contribution in [0.15, 0.2) is 91.0 Å². The van der Waals surface area contributed by atoms with Crippen LogP contribution in [0.3, 0.4) is 0 Å². The van der Waals surface area contributed by atoms with E-state index in [0.29, 0.717) is 5.41 Å². The molecule has 29 heavy (non-hydrogen) atoms. The van der Waals surface area contributed by atoms with E-state index in [4.69, 9.17) is 0 Å². The van der Waals surface area contributed by atoms with Gasteiger partial charge in [-0.2, -0.15) is 0 Å². The lowest BCUT2D eigenvalue weighted by Crippen LogP contribution is -2.46. The van der Waals surface area contributed by atoms with Crippen LogP contribution < -0.4 is 0 Å². The molecular formula is C29H36. The molecule has 3 aromatic rings. The van der Waals surface area contributed by atoms with Gasteiger partial charge >= 0.3 is 0 Å². The van der Waals surface area contributed by atoms with Gasteiger partial charge in [0, 0.05) is 10.8 Å². The SMILES string of the molecule is CC(C)(C)CCC[C@](C)(c1ccccc1)C(C)(c1ccccc1)c1ccccc1. The first kappa shape index (κ1) is 21.4. The van der Waals surface area contributed by atoms with Crippen LogP contribution in [-0.4, -0.2) is 0 Å². The van der Waals surface area contributed by atoms with Crippen LogP contribution in [0.5, 0.6) is 0 Å². The van der Waals surface area contributed by atoms with Crippen LogP contribution in [0.1, 0.15) is 70.6 Å². The lowest BCUT2D eigenvalue weighted by atomic mass is 9.54. The quantitative estimate of drug-likeness (QED) is 0.385. The third kappa shape index (κ3) is 4.47. The topological polar surface area (TPSA) is 0 Å². The van der Waals surface area contributed by atoms with Crippen molar-refractivity contribution in [3.63, 3.8) is 0 Å². The second-order valence-corrected chi connectivity index (χ2v) is 9.97. The summed E-state index contributed by atoms with van der Waals surface area (Å²) in [6.07, 6.45) is 3.59. The lowest BCUT2D eigenvalue weighted by molar-refractivity contribution is 0.251. The highest BCUT2D eigenvalue weighted by Crippen LogP contribution is 2.51. The summed E-state index contributed by atoms with van der Waals surface area (Å²) in [5, 5.41) is 0. The van der Waals surface area contributed by atoms with E-state index < -0.39 is 0 Å². The summed E-state index contributed by atoms with van der Waals surface area (Å²) >= 11 is 0. The Balaban J connectivity index is 2.18. The largest absolute Gasteiger partial charge is 0.0622 e. The molecule has 0 saturated carbocycles. The molecule has 0 aromatic heterocycles. The molecule has 0 fully saturated rings. The first-order valence-electron chi connectivity index (χ1n) is 10.9. The van der Waals surface area contributed by atoms with Gasteiger partial charge < -0.3 is 0 Å². The zero-order valence-corrected chi connectivity index (χ0v) is 18.8. The summed E-state index contributed by atoms with van der Waals surface area (Å²) in [7, 11) is 0. The Kier molecular flexibility index (Phi) is 6.32. The molecule has 0 nitrogen and oxygen atoms in total. The van der Waals surface area contributed by atoms with E-state index in [1.807, 2.05) is 0 Å². The fourth-order valence-corrected chi connectivity index (χ4v) is 4.81. The van der Waals surface area contributed by atoms with Crippen LogP contribution in [0.25, 0.3) is 0 Å². The van der Waals surface area contributed by atoms with Crippen molar-refractivity contribution >= 4 is 0 Å². The highest BCUT2D eigenvalue weighted by atomic mass is 14.5. The van der Waals surface area contributed by atoms with Gasteiger partial charge in [0.1, 0.15) is 0 Å². The molecule has 0 aliphatic carbocycles. The van der Waals surface area contributed by atoms with Crippen molar-refractivity contribution in [3.05, 3.63) is 108 Å². The molecule has 0 saturated heterocycles. The van der Waals surface area contributed by atoms with Crippen LogP contribution in [-0.2, 0) is 10.8 Å². The van der Waals surface area contributed by atoms with Crippen LogP contribution >= 0.6 is 0 Å². The van der Waals surface area contributed by atoms with Gasteiger partial charge in [0.2, 0.25) is 0 Å². The average molecular weight is 385 g/mol. The van der Waals surface area contributed by atoms with Gasteiger partial charge in [0.05, 0.1) is 0 Å². The van der Waals surface area contributed by atoms with Crippen LogP contribution in [0, 0.1) is 5.41 Å². The predicted octanol–water partition coefficient (Wildman–Crippen LogP) is 8.17. The molecular weight excluding hydrogens is 348 g/mol. The fraction of sp³-hybridized carbons (Fsp3) is 0.379. The molecule has 3 rings (SSSR count). The third-order valence-corrected chi connectivity index (χ3v) is 6.82. The summed E-state index contributed by atoms with van der Waals surface area (Å²) in [5.74, 6) is 0. The average Bonchev–Trinajstić information content (AvgIpc) is 2.74. The van der Waals surface area contributed by atoms with Gasteiger partial charge in [-0.25, -0.2) is 0 Å². The van der Waals surface area contributed by atoms with Crippen LogP contribution in [0.4, 0.5) is 0 Å². The molecule has 0 amide bonds. The minimum absolute atomic E-state index is 0.0256. The Labute approximate surface area is 178 Å². The highest BCUT2D eigenvalue weighted by molar-refractivity contribution is 5.47. The second-order valence-electron chi connectivity index (χ2n) is 9.97. The third-order valence-electron chi connectivity index (χ3n) is 6.82. The zero-order chi connectivity index (χ0) is 21.0. The van der Waals surface area contributed by atoms with Crippen molar-refractivity contribution < 1.29 is 0 Å². The van der Waals surface area contributed by atoms with E-state index in [9.17, 15) is 0 Å². The maximum Gasteiger partial charge on any atom is 0.0268 e. The van der Waals surface area contributed by atoms with Crippen molar-refractivity contribution in [2.24, 2.45) is 5.41 Å². The number of hydrogen-bond acceptors (Lipinski definition) is 0. The van der Waals surface area contributed by atoms with Crippen molar-refractivity contribution in [1.82, 2.24) is 0 Å². The van der Waals surface area contributed by atoms with Gasteiger partial charge in [-0.15, -0.1) is 0 Å². The Morgan fingerprint density at radius 3 is 1.24 bits per heavy atom. The van der Waals surface area contributed by atoms with E-state index in [2.05, 4.69) is 126 Å². The minimum Gasteiger partial charge on any atom is -0.0622 e. The molecule has 0 bridgehead atoms. The molecule has 0 aliphatic heterocycles. The van der Waals surface area contributed by atoms with Crippen molar-refractivity contribution in [3.8, 4) is 0 Å². The maximum absolute atomic E-state index is 2.48. The molecule has 0 heterocycles. The molecule has 0 spiro atoms. The Morgan fingerprint density at radius 1 is 0.483 bits per heavy atom. The summed E-state index contributed by atoms with van der Waals surface area (Å²) < 4.78 is 0. The number of hydrogen-bond donors (Lipinski definition) is 0. The molecule has 0 unspecified atom stereocenters. The smallest absolute Gasteiger partial charge is 0.0268 e. The number of benzene rings is 3. The van der Waals surface area contributed by atoms with Crippen LogP contribution in [0.2, 0.25) is 0 Å². The molecule has 0 radical (unpaired) electrons. The van der Waals surface area contributed by atoms with Gasteiger partial charge in [-0.05, 0) is 34.9 Å². The summed E-state index contributed by atoms with van der Waals surface area (Å²) in [4.78, 5) is 0. The molecule has 1 atom stereocenters. The Morgan fingerprint density at radius 2 is 0.862 bits per heavy atom. The zero-order valence-electron chi connectivity index (χ0n) is 18.8. The van der Waals surface area contributed by atoms with Gasteiger partial charge in [-0.1, -0.05) is 132 Å². The summed E-state index contributed by atoms with van der Waals surface area (Å²) in [6, 6.07) is 33.3. The highest BCUT2D eigenvalue weighted by Gasteiger charge is 2.47. The van der Waals surface area contributed by atoms with E-state index in [-0.39, 0.29) is 10.8 Å². The monoisotopic (exact) mass is 384 g/mol. The van der Waals surface area contributed by atoms with E-state index in [1.54, 1.807) is 0 Å². The summed E-state index contributed by atoms with van der Waals surface area (Å²) in [5.41, 5.74) is 4.38. The fourth-order valence-electron chi connectivity index (χ4n) is 4.81. The van der Waals surface area contributed by atoms with Crippen molar-refractivity contribution in [1.29, 1.82) is 0 Å². The lowest BCUT2D eigenvalue weighted by Gasteiger charge is -2.49. The standard InChI is InChI=1S/C29H36/c1-27(2,3)22-15-23-28(4,24-16-9-6-10-17-24)29(5,25-18-11-7-12-19-25)26-20-13-8-14-21-26/h6-14,16-21H,15,22-23H2,1-5H3/t28-/m1/s1. The van der Waals surface area contributed by atoms with Crippen molar-refractivity contribution in [2.45, 2.75) is 64.7 Å². The Bertz CT molecular complexity index is 832. The minimum atomic E-state index is -0.130. The first-order chi connectivity index (χ1) is 13.8. The van der Waals surface area contributed by atoms with E-state index >= 15 is 0 Å². The first-order valence-corrected chi connectivity index (χ1v) is 10.9. The normalized spacial score (nSPS) is 14.4. The van der Waals surface area contributed by atoms with E-state index in [0.717, 1.165) is 6.42 Å². The molecule has 0 N–H and O–H groups in total.